The first-order valence-corrected chi connectivity index (χ1v) is 4.03. The Kier molecular flexibility index (Phi) is 2.64. The average molecular weight is 164 g/mol. The lowest BCUT2D eigenvalue weighted by molar-refractivity contribution is 0.615. The van der Waals surface area contributed by atoms with E-state index in [1.54, 1.807) is 19.1 Å². The number of rotatable bonds is 2. The largest absolute Gasteiger partial charge is 0.207 e. The standard InChI is InChI=1S/C11H13F/c1-4-8(2)10-6-5-9(3)11(12)7-10/h4-8H,1H2,2-3H3. The van der Waals surface area contributed by atoms with Gasteiger partial charge in [-0.2, -0.15) is 0 Å². The maximum Gasteiger partial charge on any atom is 0.126 e. The second-order valence-corrected chi connectivity index (χ2v) is 3.03. The van der Waals surface area contributed by atoms with Crippen molar-refractivity contribution in [3.63, 3.8) is 0 Å². The molecule has 0 saturated carbocycles. The van der Waals surface area contributed by atoms with Crippen molar-refractivity contribution in [3.05, 3.63) is 47.8 Å². The van der Waals surface area contributed by atoms with Gasteiger partial charge < -0.3 is 0 Å². The summed E-state index contributed by atoms with van der Waals surface area (Å²) >= 11 is 0. The summed E-state index contributed by atoms with van der Waals surface area (Å²) in [4.78, 5) is 0. The van der Waals surface area contributed by atoms with Crippen molar-refractivity contribution in [1.29, 1.82) is 0 Å². The van der Waals surface area contributed by atoms with Crippen LogP contribution >= 0.6 is 0 Å². The molecule has 0 aliphatic heterocycles. The van der Waals surface area contributed by atoms with Crippen LogP contribution in [0.25, 0.3) is 0 Å². The summed E-state index contributed by atoms with van der Waals surface area (Å²) < 4.78 is 13.0. The lowest BCUT2D eigenvalue weighted by Crippen LogP contribution is -1.91. The van der Waals surface area contributed by atoms with E-state index in [4.69, 9.17) is 0 Å². The molecule has 0 radical (unpaired) electrons. The van der Waals surface area contributed by atoms with E-state index >= 15 is 0 Å². The van der Waals surface area contributed by atoms with Crippen LogP contribution in [0.5, 0.6) is 0 Å². The maximum absolute atomic E-state index is 13.0. The molecule has 0 aliphatic rings. The highest BCUT2D eigenvalue weighted by atomic mass is 19.1. The van der Waals surface area contributed by atoms with Crippen molar-refractivity contribution < 1.29 is 4.39 Å². The van der Waals surface area contributed by atoms with E-state index < -0.39 is 0 Å². The Morgan fingerprint density at radius 3 is 2.67 bits per heavy atom. The molecule has 1 heteroatoms. The van der Waals surface area contributed by atoms with Crippen LogP contribution in [0.3, 0.4) is 0 Å². The van der Waals surface area contributed by atoms with Crippen LogP contribution in [0, 0.1) is 12.7 Å². The highest BCUT2D eigenvalue weighted by Gasteiger charge is 2.03. The molecule has 0 fully saturated rings. The highest BCUT2D eigenvalue weighted by Crippen LogP contribution is 2.18. The molecule has 0 nitrogen and oxygen atoms in total. The molecule has 0 saturated heterocycles. The van der Waals surface area contributed by atoms with Gasteiger partial charge in [0, 0.05) is 0 Å². The van der Waals surface area contributed by atoms with Crippen LogP contribution in [-0.4, -0.2) is 0 Å². The molecule has 0 amide bonds. The Balaban J connectivity index is 3.04. The Morgan fingerprint density at radius 2 is 2.17 bits per heavy atom. The van der Waals surface area contributed by atoms with Gasteiger partial charge in [-0.3, -0.25) is 0 Å². The van der Waals surface area contributed by atoms with Crippen molar-refractivity contribution in [3.8, 4) is 0 Å². The quantitative estimate of drug-likeness (QED) is 0.587. The van der Waals surface area contributed by atoms with E-state index in [9.17, 15) is 4.39 Å². The predicted octanol–water partition coefficient (Wildman–Crippen LogP) is 3.42. The minimum absolute atomic E-state index is 0.138. The first kappa shape index (κ1) is 8.98. The minimum Gasteiger partial charge on any atom is -0.207 e. The molecule has 0 bridgehead atoms. The van der Waals surface area contributed by atoms with Gasteiger partial charge in [-0.05, 0) is 30.0 Å². The summed E-state index contributed by atoms with van der Waals surface area (Å²) in [6.45, 7) is 7.43. The smallest absolute Gasteiger partial charge is 0.126 e. The fourth-order valence-corrected chi connectivity index (χ4v) is 1.03. The summed E-state index contributed by atoms with van der Waals surface area (Å²) in [6, 6.07) is 5.30. The van der Waals surface area contributed by atoms with Gasteiger partial charge in [0.2, 0.25) is 0 Å². The summed E-state index contributed by atoms with van der Waals surface area (Å²) in [5.41, 5.74) is 1.67. The van der Waals surface area contributed by atoms with Crippen LogP contribution in [0.1, 0.15) is 24.0 Å². The summed E-state index contributed by atoms with van der Waals surface area (Å²) in [6.07, 6.45) is 1.81. The third-order valence-electron chi connectivity index (χ3n) is 2.08. The maximum atomic E-state index is 13.0. The van der Waals surface area contributed by atoms with E-state index in [0.29, 0.717) is 5.56 Å². The summed E-state index contributed by atoms with van der Waals surface area (Å²) in [7, 11) is 0. The van der Waals surface area contributed by atoms with Gasteiger partial charge in [0.1, 0.15) is 5.82 Å². The number of benzene rings is 1. The van der Waals surface area contributed by atoms with Gasteiger partial charge in [0.05, 0.1) is 0 Å². The van der Waals surface area contributed by atoms with Crippen molar-refractivity contribution in [2.24, 2.45) is 0 Å². The molecule has 0 spiro atoms. The number of hydrogen-bond acceptors (Lipinski definition) is 0. The number of halogens is 1. The normalized spacial score (nSPS) is 12.6. The Bertz CT molecular complexity index is 289. The minimum atomic E-state index is -0.138. The van der Waals surface area contributed by atoms with Gasteiger partial charge in [-0.15, -0.1) is 6.58 Å². The monoisotopic (exact) mass is 164 g/mol. The first-order chi connectivity index (χ1) is 5.65. The van der Waals surface area contributed by atoms with E-state index in [-0.39, 0.29) is 11.7 Å². The van der Waals surface area contributed by atoms with Crippen LogP contribution in [0.4, 0.5) is 4.39 Å². The highest BCUT2D eigenvalue weighted by molar-refractivity contribution is 5.27. The second kappa shape index (κ2) is 3.53. The molecular formula is C11H13F. The van der Waals surface area contributed by atoms with Crippen molar-refractivity contribution in [1.82, 2.24) is 0 Å². The van der Waals surface area contributed by atoms with Gasteiger partial charge in [-0.1, -0.05) is 25.1 Å². The molecule has 0 heterocycles. The van der Waals surface area contributed by atoms with Gasteiger partial charge in [-0.25, -0.2) is 4.39 Å². The third kappa shape index (κ3) is 1.73. The van der Waals surface area contributed by atoms with E-state index in [1.165, 1.54) is 0 Å². The van der Waals surface area contributed by atoms with Crippen LogP contribution in [-0.2, 0) is 0 Å². The van der Waals surface area contributed by atoms with E-state index in [0.717, 1.165) is 5.56 Å². The molecule has 1 aromatic carbocycles. The Morgan fingerprint density at radius 1 is 1.50 bits per heavy atom. The van der Waals surface area contributed by atoms with Crippen LogP contribution in [0.2, 0.25) is 0 Å². The van der Waals surface area contributed by atoms with Crippen LogP contribution < -0.4 is 0 Å². The zero-order chi connectivity index (χ0) is 9.14. The second-order valence-electron chi connectivity index (χ2n) is 3.03. The number of allylic oxidation sites excluding steroid dienone is 1. The Hall–Kier alpha value is -1.11. The molecular weight excluding hydrogens is 151 g/mol. The molecule has 12 heavy (non-hydrogen) atoms. The van der Waals surface area contributed by atoms with E-state index in [2.05, 4.69) is 6.58 Å². The Labute approximate surface area is 72.7 Å². The number of hydrogen-bond donors (Lipinski definition) is 0. The molecule has 64 valence electrons. The SMILES string of the molecule is C=CC(C)c1ccc(C)c(F)c1. The molecule has 0 aromatic heterocycles. The van der Waals surface area contributed by atoms with E-state index in [1.807, 2.05) is 19.1 Å². The van der Waals surface area contributed by atoms with Gasteiger partial charge >= 0.3 is 0 Å². The molecule has 0 N–H and O–H groups in total. The molecule has 0 aliphatic carbocycles. The third-order valence-corrected chi connectivity index (χ3v) is 2.08. The van der Waals surface area contributed by atoms with Crippen molar-refractivity contribution in [2.45, 2.75) is 19.8 Å². The molecule has 1 rings (SSSR count). The van der Waals surface area contributed by atoms with Gasteiger partial charge in [0.15, 0.2) is 0 Å². The van der Waals surface area contributed by atoms with Crippen molar-refractivity contribution in [2.75, 3.05) is 0 Å². The van der Waals surface area contributed by atoms with Crippen LogP contribution in [0.15, 0.2) is 30.9 Å². The predicted molar refractivity (Wildman–Crippen MR) is 49.7 cm³/mol. The lowest BCUT2D eigenvalue weighted by Gasteiger charge is -2.06. The van der Waals surface area contributed by atoms with Gasteiger partial charge in [0.25, 0.3) is 0 Å². The zero-order valence-corrected chi connectivity index (χ0v) is 7.47. The number of aryl methyl sites for hydroxylation is 1. The molecule has 1 aromatic rings. The fourth-order valence-electron chi connectivity index (χ4n) is 1.03. The van der Waals surface area contributed by atoms with Crippen molar-refractivity contribution >= 4 is 0 Å². The summed E-state index contributed by atoms with van der Waals surface area (Å²) in [5, 5.41) is 0. The first-order valence-electron chi connectivity index (χ1n) is 4.03. The summed E-state index contributed by atoms with van der Waals surface area (Å²) in [5.74, 6) is 0.0845. The molecule has 1 atom stereocenters. The zero-order valence-electron chi connectivity index (χ0n) is 7.47. The average Bonchev–Trinajstić information content (AvgIpc) is 2.08. The lowest BCUT2D eigenvalue weighted by atomic mass is 10.00. The topological polar surface area (TPSA) is 0 Å². The fraction of sp³-hybridized carbons (Fsp3) is 0.273. The molecule has 1 unspecified atom stereocenters.